The van der Waals surface area contributed by atoms with Gasteiger partial charge in [0.25, 0.3) is 0 Å². The molecule has 0 bridgehead atoms. The zero-order valence-corrected chi connectivity index (χ0v) is 14.8. The van der Waals surface area contributed by atoms with E-state index in [1.165, 1.54) is 0 Å². The van der Waals surface area contributed by atoms with E-state index in [4.69, 9.17) is 0 Å². The van der Waals surface area contributed by atoms with E-state index >= 15 is 0 Å². The van der Waals surface area contributed by atoms with Gasteiger partial charge < -0.3 is 15.5 Å². The molecule has 0 fully saturated rings. The smallest absolute Gasteiger partial charge is 0.224 e. The van der Waals surface area contributed by atoms with Gasteiger partial charge in [0.2, 0.25) is 5.91 Å². The normalized spacial score (nSPS) is 11.4. The fourth-order valence-electron chi connectivity index (χ4n) is 2.04. The Kier molecular flexibility index (Phi) is 8.80. The van der Waals surface area contributed by atoms with Crippen LogP contribution in [0, 0.1) is 5.92 Å². The van der Waals surface area contributed by atoms with Gasteiger partial charge in [-0.1, -0.05) is 44.2 Å². The molecule has 0 atom stereocenters. The Morgan fingerprint density at radius 3 is 2.52 bits per heavy atom. The molecule has 1 aromatic carbocycles. The van der Waals surface area contributed by atoms with E-state index in [-0.39, 0.29) is 5.91 Å². The summed E-state index contributed by atoms with van der Waals surface area (Å²) < 4.78 is 0. The topological polar surface area (TPSA) is 56.7 Å². The summed E-state index contributed by atoms with van der Waals surface area (Å²) in [5, 5.41) is 6.41. The second kappa shape index (κ2) is 10.6. The van der Waals surface area contributed by atoms with E-state index in [9.17, 15) is 4.79 Å². The Morgan fingerprint density at radius 2 is 1.91 bits per heavy atom. The quantitative estimate of drug-likeness (QED) is 0.571. The molecule has 0 unspecified atom stereocenters. The lowest BCUT2D eigenvalue weighted by Gasteiger charge is -2.18. The van der Waals surface area contributed by atoms with Crippen molar-refractivity contribution in [3.8, 4) is 0 Å². The zero-order chi connectivity index (χ0) is 17.1. The van der Waals surface area contributed by atoms with E-state index in [0.717, 1.165) is 24.6 Å². The second-order valence-electron chi connectivity index (χ2n) is 6.03. The van der Waals surface area contributed by atoms with Gasteiger partial charge in [-0.3, -0.25) is 9.79 Å². The minimum atomic E-state index is 0.126. The Balaban J connectivity index is 2.37. The number of amides is 1. The zero-order valence-electron chi connectivity index (χ0n) is 14.8. The van der Waals surface area contributed by atoms with Crippen molar-refractivity contribution < 1.29 is 4.79 Å². The molecule has 1 rings (SSSR count). The number of guanidine groups is 1. The molecular weight excluding hydrogens is 288 g/mol. The lowest BCUT2D eigenvalue weighted by molar-refractivity contribution is -0.130. The fraction of sp³-hybridized carbons (Fsp3) is 0.556. The van der Waals surface area contributed by atoms with Gasteiger partial charge in [0.05, 0.1) is 0 Å². The van der Waals surface area contributed by atoms with Crippen molar-refractivity contribution in [1.29, 1.82) is 0 Å². The van der Waals surface area contributed by atoms with Crippen molar-refractivity contribution in [2.75, 3.05) is 26.7 Å². The Bertz CT molecular complexity index is 485. The van der Waals surface area contributed by atoms with Crippen LogP contribution in [0.4, 0.5) is 0 Å². The van der Waals surface area contributed by atoms with Crippen molar-refractivity contribution in [3.63, 3.8) is 0 Å². The lowest BCUT2D eigenvalue weighted by atomic mass is 10.2. The van der Waals surface area contributed by atoms with Crippen molar-refractivity contribution in [3.05, 3.63) is 35.9 Å². The van der Waals surface area contributed by atoms with Gasteiger partial charge in [-0.2, -0.15) is 0 Å². The maximum Gasteiger partial charge on any atom is 0.224 e. The highest BCUT2D eigenvalue weighted by Crippen LogP contribution is 2.03. The minimum Gasteiger partial charge on any atom is -0.357 e. The van der Waals surface area contributed by atoms with Crippen LogP contribution in [-0.2, 0) is 11.3 Å². The molecule has 1 aromatic rings. The van der Waals surface area contributed by atoms with Crippen LogP contribution in [0.15, 0.2) is 35.3 Å². The van der Waals surface area contributed by atoms with E-state index in [0.29, 0.717) is 25.4 Å². The number of benzene rings is 1. The Labute approximate surface area is 140 Å². The van der Waals surface area contributed by atoms with Crippen molar-refractivity contribution in [2.45, 2.75) is 33.7 Å². The molecule has 128 valence electrons. The number of carbonyl (C=O) groups excluding carboxylic acids is 1. The van der Waals surface area contributed by atoms with E-state index in [1.54, 1.807) is 4.90 Å². The SMILES string of the molecule is CCNC(=NCC(C)C)NCCC(=O)N(C)Cc1ccccc1. The van der Waals surface area contributed by atoms with Gasteiger partial charge in [-0.15, -0.1) is 0 Å². The van der Waals surface area contributed by atoms with E-state index in [2.05, 4.69) is 29.5 Å². The van der Waals surface area contributed by atoms with Crippen LogP contribution in [0.2, 0.25) is 0 Å². The van der Waals surface area contributed by atoms with Crippen LogP contribution in [-0.4, -0.2) is 43.4 Å². The predicted octanol–water partition coefficient (Wildman–Crippen LogP) is 2.25. The maximum absolute atomic E-state index is 12.2. The predicted molar refractivity (Wildman–Crippen MR) is 96.4 cm³/mol. The third-order valence-electron chi connectivity index (χ3n) is 3.28. The largest absolute Gasteiger partial charge is 0.357 e. The first-order chi connectivity index (χ1) is 11.0. The average Bonchev–Trinajstić information content (AvgIpc) is 2.53. The van der Waals surface area contributed by atoms with Crippen LogP contribution in [0.5, 0.6) is 0 Å². The number of hydrogen-bond acceptors (Lipinski definition) is 2. The third kappa shape index (κ3) is 8.24. The van der Waals surface area contributed by atoms with Gasteiger partial charge in [0.15, 0.2) is 5.96 Å². The second-order valence-corrected chi connectivity index (χ2v) is 6.03. The molecule has 5 nitrogen and oxygen atoms in total. The monoisotopic (exact) mass is 318 g/mol. The van der Waals surface area contributed by atoms with Crippen LogP contribution in [0.1, 0.15) is 32.8 Å². The van der Waals surface area contributed by atoms with Crippen LogP contribution in [0.25, 0.3) is 0 Å². The molecule has 2 N–H and O–H groups in total. The minimum absolute atomic E-state index is 0.126. The van der Waals surface area contributed by atoms with Crippen LogP contribution >= 0.6 is 0 Å². The molecular formula is C18H30N4O. The molecule has 0 radical (unpaired) electrons. The third-order valence-corrected chi connectivity index (χ3v) is 3.28. The summed E-state index contributed by atoms with van der Waals surface area (Å²) in [6, 6.07) is 10.0. The number of carbonyl (C=O) groups is 1. The summed E-state index contributed by atoms with van der Waals surface area (Å²) in [5.74, 6) is 1.42. The fourth-order valence-corrected chi connectivity index (χ4v) is 2.04. The summed E-state index contributed by atoms with van der Waals surface area (Å²) >= 11 is 0. The van der Waals surface area contributed by atoms with Crippen LogP contribution < -0.4 is 10.6 Å². The Hall–Kier alpha value is -2.04. The maximum atomic E-state index is 12.2. The van der Waals surface area contributed by atoms with Gasteiger partial charge in [0.1, 0.15) is 0 Å². The first kappa shape index (κ1) is 19.0. The highest BCUT2D eigenvalue weighted by atomic mass is 16.2. The summed E-state index contributed by atoms with van der Waals surface area (Å²) in [6.07, 6.45) is 0.454. The van der Waals surface area contributed by atoms with Gasteiger partial charge in [0, 0.05) is 39.6 Å². The number of nitrogens with one attached hydrogen (secondary N) is 2. The summed E-state index contributed by atoms with van der Waals surface area (Å²) in [4.78, 5) is 18.4. The number of rotatable bonds is 8. The lowest BCUT2D eigenvalue weighted by Crippen LogP contribution is -2.39. The molecule has 5 heteroatoms. The van der Waals surface area contributed by atoms with Crippen LogP contribution in [0.3, 0.4) is 0 Å². The summed E-state index contributed by atoms with van der Waals surface area (Å²) in [6.45, 7) is 9.11. The molecule has 0 aromatic heterocycles. The molecule has 0 saturated heterocycles. The molecule has 23 heavy (non-hydrogen) atoms. The standard InChI is InChI=1S/C18H30N4O/c1-5-19-18(21-13-15(2)3)20-12-11-17(23)22(4)14-16-9-7-6-8-10-16/h6-10,15H,5,11-14H2,1-4H3,(H2,19,20,21). The molecule has 1 amide bonds. The van der Waals surface area contributed by atoms with Crippen molar-refractivity contribution in [2.24, 2.45) is 10.9 Å². The average molecular weight is 318 g/mol. The molecule has 0 heterocycles. The highest BCUT2D eigenvalue weighted by molar-refractivity contribution is 5.81. The van der Waals surface area contributed by atoms with E-state index < -0.39 is 0 Å². The number of hydrogen-bond donors (Lipinski definition) is 2. The summed E-state index contributed by atoms with van der Waals surface area (Å²) in [7, 11) is 1.84. The Morgan fingerprint density at radius 1 is 1.22 bits per heavy atom. The highest BCUT2D eigenvalue weighted by Gasteiger charge is 2.09. The van der Waals surface area contributed by atoms with Crippen molar-refractivity contribution in [1.82, 2.24) is 15.5 Å². The molecule has 0 spiro atoms. The van der Waals surface area contributed by atoms with E-state index in [1.807, 2.05) is 44.3 Å². The van der Waals surface area contributed by atoms with Gasteiger partial charge in [-0.05, 0) is 18.4 Å². The van der Waals surface area contributed by atoms with Gasteiger partial charge in [-0.25, -0.2) is 0 Å². The first-order valence-corrected chi connectivity index (χ1v) is 8.33. The van der Waals surface area contributed by atoms with Gasteiger partial charge >= 0.3 is 0 Å². The molecule has 0 aliphatic carbocycles. The summed E-state index contributed by atoms with van der Waals surface area (Å²) in [5.41, 5.74) is 1.14. The number of nitrogens with zero attached hydrogens (tertiary/aromatic N) is 2. The first-order valence-electron chi connectivity index (χ1n) is 8.33. The molecule has 0 aliphatic rings. The van der Waals surface area contributed by atoms with Crippen molar-refractivity contribution >= 4 is 11.9 Å². The molecule has 0 saturated carbocycles. The molecule has 0 aliphatic heterocycles. The number of aliphatic imine (C=N–C) groups is 1.